The number of nitrogens with one attached hydrogen (secondary N) is 1. The molecule has 4 aromatic rings. The molecule has 0 saturated heterocycles. The van der Waals surface area contributed by atoms with Gasteiger partial charge in [-0.3, -0.25) is 14.5 Å². The van der Waals surface area contributed by atoms with Crippen LogP contribution in [-0.4, -0.2) is 38.9 Å². The molecular weight excluding hydrogens is 482 g/mol. The Hall–Kier alpha value is -4.59. The summed E-state index contributed by atoms with van der Waals surface area (Å²) < 4.78 is 8.55. The second-order valence-electron chi connectivity index (χ2n) is 10.2. The molecule has 2 aromatic carbocycles. The van der Waals surface area contributed by atoms with Crippen molar-refractivity contribution in [3.05, 3.63) is 89.0 Å². The van der Waals surface area contributed by atoms with E-state index in [4.69, 9.17) is 4.42 Å². The monoisotopic (exact) mass is 509 g/mol. The van der Waals surface area contributed by atoms with Crippen molar-refractivity contribution in [3.63, 3.8) is 0 Å². The average molecular weight is 510 g/mol. The third kappa shape index (κ3) is 3.63. The van der Waals surface area contributed by atoms with Crippen molar-refractivity contribution in [2.45, 2.75) is 33.2 Å². The number of carboxylic acid groups (broad SMARTS) is 1. The molecule has 2 amide bonds. The Labute approximate surface area is 219 Å². The summed E-state index contributed by atoms with van der Waals surface area (Å²) in [5, 5.41) is 14.2. The lowest BCUT2D eigenvalue weighted by Crippen LogP contribution is -2.33. The maximum atomic E-state index is 13.7. The van der Waals surface area contributed by atoms with Crippen LogP contribution in [0.25, 0.3) is 22.2 Å². The number of imide groups is 1. The topological polar surface area (TPSA) is 105 Å². The second kappa shape index (κ2) is 8.76. The smallest absolute Gasteiger partial charge is 0.336 e. The average Bonchev–Trinajstić information content (AvgIpc) is 3.55. The molecule has 0 spiro atoms. The summed E-state index contributed by atoms with van der Waals surface area (Å²) in [6.45, 7) is 6.64. The Bertz CT molecular complexity index is 1670. The first-order valence-electron chi connectivity index (χ1n) is 12.6. The molecule has 2 aliphatic rings. The van der Waals surface area contributed by atoms with Gasteiger partial charge in [0.25, 0.3) is 5.91 Å². The summed E-state index contributed by atoms with van der Waals surface area (Å²) in [6, 6.07) is 16.2. The molecule has 8 nitrogen and oxygen atoms in total. The second-order valence-corrected chi connectivity index (χ2v) is 10.2. The predicted octanol–water partition coefficient (Wildman–Crippen LogP) is 5.46. The van der Waals surface area contributed by atoms with Crippen molar-refractivity contribution in [2.24, 2.45) is 5.92 Å². The fourth-order valence-corrected chi connectivity index (χ4v) is 5.65. The zero-order chi connectivity index (χ0) is 26.7. The number of carboxylic acids is 1. The van der Waals surface area contributed by atoms with Gasteiger partial charge in [0.05, 0.1) is 29.1 Å². The summed E-state index contributed by atoms with van der Waals surface area (Å²) in [7, 11) is 0. The fraction of sp³-hybridized carbons (Fsp3) is 0.233. The number of anilines is 1. The number of carbonyl (C=O) groups is 3. The highest BCUT2D eigenvalue weighted by molar-refractivity contribution is 6.11. The third-order valence-electron chi connectivity index (χ3n) is 7.21. The first kappa shape index (κ1) is 23.8. The minimum atomic E-state index is -1.05. The van der Waals surface area contributed by atoms with E-state index < -0.39 is 11.9 Å². The molecule has 0 saturated carbocycles. The van der Waals surface area contributed by atoms with Crippen LogP contribution in [-0.2, 0) is 16.1 Å². The van der Waals surface area contributed by atoms with E-state index in [0.717, 1.165) is 28.7 Å². The lowest BCUT2D eigenvalue weighted by molar-refractivity contribution is -0.139. The molecule has 0 bridgehead atoms. The van der Waals surface area contributed by atoms with Crippen molar-refractivity contribution in [1.29, 1.82) is 0 Å². The van der Waals surface area contributed by atoms with Crippen LogP contribution in [0, 0.1) is 5.92 Å². The van der Waals surface area contributed by atoms with Gasteiger partial charge in [-0.15, -0.1) is 0 Å². The third-order valence-corrected chi connectivity index (χ3v) is 7.21. The van der Waals surface area contributed by atoms with Gasteiger partial charge in [-0.1, -0.05) is 38.1 Å². The quantitative estimate of drug-likeness (QED) is 0.370. The highest BCUT2D eigenvalue weighted by Gasteiger charge is 2.43. The largest absolute Gasteiger partial charge is 0.478 e. The number of furan rings is 1. The lowest BCUT2D eigenvalue weighted by atomic mass is 9.88. The predicted molar refractivity (Wildman–Crippen MR) is 143 cm³/mol. The van der Waals surface area contributed by atoms with Crippen molar-refractivity contribution in [1.82, 2.24) is 9.47 Å². The van der Waals surface area contributed by atoms with Crippen LogP contribution in [0.1, 0.15) is 48.4 Å². The number of aromatic carboxylic acids is 1. The molecule has 0 fully saturated rings. The van der Waals surface area contributed by atoms with Crippen LogP contribution in [0.4, 0.5) is 5.69 Å². The van der Waals surface area contributed by atoms with Gasteiger partial charge in [0.15, 0.2) is 0 Å². The summed E-state index contributed by atoms with van der Waals surface area (Å²) in [5.41, 5.74) is 4.54. The van der Waals surface area contributed by atoms with Crippen LogP contribution >= 0.6 is 0 Å². The van der Waals surface area contributed by atoms with Crippen molar-refractivity contribution < 1.29 is 23.9 Å². The van der Waals surface area contributed by atoms with Gasteiger partial charge < -0.3 is 19.4 Å². The molecule has 2 aliphatic heterocycles. The van der Waals surface area contributed by atoms with Crippen molar-refractivity contribution in [3.8, 4) is 11.3 Å². The molecule has 0 aliphatic carbocycles. The first-order chi connectivity index (χ1) is 18.2. The van der Waals surface area contributed by atoms with Crippen LogP contribution < -0.4 is 5.32 Å². The van der Waals surface area contributed by atoms with E-state index >= 15 is 0 Å². The highest BCUT2D eigenvalue weighted by Crippen LogP contribution is 2.47. The van der Waals surface area contributed by atoms with Crippen LogP contribution in [0.2, 0.25) is 0 Å². The van der Waals surface area contributed by atoms with Gasteiger partial charge in [0, 0.05) is 42.0 Å². The Balaban J connectivity index is 1.58. The number of hydrogen-bond acceptors (Lipinski definition) is 5. The Morgan fingerprint density at radius 1 is 1.11 bits per heavy atom. The van der Waals surface area contributed by atoms with Gasteiger partial charge in [0.1, 0.15) is 11.5 Å². The number of aromatic nitrogens is 1. The highest BCUT2D eigenvalue weighted by atomic mass is 16.4. The molecule has 192 valence electrons. The molecule has 38 heavy (non-hydrogen) atoms. The molecule has 2 aromatic heterocycles. The fourth-order valence-electron chi connectivity index (χ4n) is 5.65. The lowest BCUT2D eigenvalue weighted by Gasteiger charge is -2.17. The summed E-state index contributed by atoms with van der Waals surface area (Å²) in [4.78, 5) is 39.1. The molecule has 1 atom stereocenters. The number of amides is 2. The van der Waals surface area contributed by atoms with Gasteiger partial charge in [-0.05, 0) is 41.8 Å². The van der Waals surface area contributed by atoms with E-state index in [1.807, 2.05) is 12.1 Å². The Morgan fingerprint density at radius 3 is 2.63 bits per heavy atom. The van der Waals surface area contributed by atoms with Crippen molar-refractivity contribution >= 4 is 34.4 Å². The van der Waals surface area contributed by atoms with E-state index in [2.05, 4.69) is 36.0 Å². The van der Waals surface area contributed by atoms with Crippen LogP contribution in [0.5, 0.6) is 0 Å². The maximum Gasteiger partial charge on any atom is 0.336 e. The zero-order valence-electron chi connectivity index (χ0n) is 21.3. The molecule has 8 heteroatoms. The van der Waals surface area contributed by atoms with E-state index in [1.54, 1.807) is 30.3 Å². The summed E-state index contributed by atoms with van der Waals surface area (Å²) >= 11 is 0. The standard InChI is InChI=1S/C30H27N3O5/c1-16(2)13-32-14-20-26-21(9-6-10-23(26)32)31-22-15-33(17(3)34)29(35)28(22)27(20)25-12-11-24(38-25)18-7-4-5-8-19(18)30(36)37/h4-12,14,16,27,31H,13,15H2,1-3H3,(H,36,37)/t27-/m0/s1. The van der Waals surface area contributed by atoms with Gasteiger partial charge in [0.2, 0.25) is 5.91 Å². The van der Waals surface area contributed by atoms with E-state index in [1.165, 1.54) is 17.9 Å². The van der Waals surface area contributed by atoms with Gasteiger partial charge in [-0.25, -0.2) is 4.79 Å². The maximum absolute atomic E-state index is 13.7. The van der Waals surface area contributed by atoms with Crippen molar-refractivity contribution in [2.75, 3.05) is 11.9 Å². The number of benzene rings is 2. The number of rotatable bonds is 5. The summed E-state index contributed by atoms with van der Waals surface area (Å²) in [5.74, 6) is -1.01. The minimum Gasteiger partial charge on any atom is -0.478 e. The molecule has 0 radical (unpaired) electrons. The molecule has 0 unspecified atom stereocenters. The SMILES string of the molecule is CC(=O)N1CC2=C(C1=O)[C@H](c1ccc(-c3ccccc3C(=O)O)o1)c1cn(CC(C)C)c3cccc(c13)N2. The van der Waals surface area contributed by atoms with Crippen LogP contribution in [0.3, 0.4) is 0 Å². The molecule has 4 heterocycles. The number of carbonyl (C=O) groups excluding carboxylic acids is 2. The number of nitrogens with zero attached hydrogens (tertiary/aromatic N) is 2. The minimum absolute atomic E-state index is 0.131. The van der Waals surface area contributed by atoms with E-state index in [9.17, 15) is 19.5 Å². The zero-order valence-corrected chi connectivity index (χ0v) is 21.3. The molecule has 6 rings (SSSR count). The molecular formula is C30H27N3O5. The van der Waals surface area contributed by atoms with E-state index in [0.29, 0.717) is 34.3 Å². The number of hydrogen-bond donors (Lipinski definition) is 2. The first-order valence-corrected chi connectivity index (χ1v) is 12.6. The Morgan fingerprint density at radius 2 is 1.89 bits per heavy atom. The molecule has 2 N–H and O–H groups in total. The van der Waals surface area contributed by atoms with E-state index in [-0.39, 0.29) is 23.9 Å². The van der Waals surface area contributed by atoms with Gasteiger partial charge >= 0.3 is 5.97 Å². The summed E-state index contributed by atoms with van der Waals surface area (Å²) in [6.07, 6.45) is 2.08. The van der Waals surface area contributed by atoms with Gasteiger partial charge in [-0.2, -0.15) is 0 Å². The Kier molecular flexibility index (Phi) is 5.48. The van der Waals surface area contributed by atoms with Crippen LogP contribution in [0.15, 0.2) is 76.5 Å². The normalized spacial score (nSPS) is 16.7.